The van der Waals surface area contributed by atoms with Gasteiger partial charge < -0.3 is 9.88 Å². The fraction of sp³-hybridized carbons (Fsp3) is 0.722. The fourth-order valence-corrected chi connectivity index (χ4v) is 4.17. The normalized spacial score (nSPS) is 27.5. The molecule has 2 heterocycles. The van der Waals surface area contributed by atoms with Gasteiger partial charge in [-0.2, -0.15) is 5.10 Å². The van der Waals surface area contributed by atoms with E-state index in [1.807, 2.05) is 12.3 Å². The van der Waals surface area contributed by atoms with E-state index >= 15 is 0 Å². The average Bonchev–Trinajstić information content (AvgIpc) is 3.54. The average molecular weight is 326 g/mol. The first-order chi connectivity index (χ1) is 11.9. The van der Waals surface area contributed by atoms with Crippen LogP contribution in [-0.2, 0) is 6.54 Å². The maximum atomic E-state index is 4.54. The Balaban J connectivity index is 1.31. The van der Waals surface area contributed by atoms with Crippen LogP contribution in [0.4, 0.5) is 0 Å². The third kappa shape index (κ3) is 2.77. The van der Waals surface area contributed by atoms with Crippen LogP contribution in [0.25, 0.3) is 0 Å². The number of hydrogen-bond acceptors (Lipinski definition) is 4. The minimum Gasteiger partial charge on any atom is -0.311 e. The van der Waals surface area contributed by atoms with Gasteiger partial charge in [0.25, 0.3) is 0 Å². The van der Waals surface area contributed by atoms with Crippen LogP contribution >= 0.6 is 0 Å². The molecule has 0 amide bonds. The molecule has 6 nitrogen and oxygen atoms in total. The van der Waals surface area contributed by atoms with Gasteiger partial charge in [-0.3, -0.25) is 4.68 Å². The molecule has 0 bridgehead atoms. The Morgan fingerprint density at radius 3 is 2.67 bits per heavy atom. The van der Waals surface area contributed by atoms with E-state index in [4.69, 9.17) is 0 Å². The molecule has 2 atom stereocenters. The summed E-state index contributed by atoms with van der Waals surface area (Å²) in [7, 11) is 0. The minimum atomic E-state index is 0.467. The number of aromatic nitrogens is 5. The number of rotatable bonds is 6. The summed E-state index contributed by atoms with van der Waals surface area (Å²) in [5, 5.41) is 17.3. The molecule has 6 heteroatoms. The molecule has 3 fully saturated rings. The van der Waals surface area contributed by atoms with Crippen molar-refractivity contribution in [2.75, 3.05) is 0 Å². The molecule has 3 aliphatic carbocycles. The maximum absolute atomic E-state index is 4.54. The molecule has 0 radical (unpaired) electrons. The predicted octanol–water partition coefficient (Wildman–Crippen LogP) is 2.96. The summed E-state index contributed by atoms with van der Waals surface area (Å²) >= 11 is 0. The molecule has 2 aromatic rings. The molecule has 3 saturated carbocycles. The van der Waals surface area contributed by atoms with Crippen molar-refractivity contribution in [3.63, 3.8) is 0 Å². The van der Waals surface area contributed by atoms with Gasteiger partial charge in [-0.05, 0) is 44.6 Å². The van der Waals surface area contributed by atoms with Crippen molar-refractivity contribution in [3.05, 3.63) is 30.1 Å². The third-order valence-corrected chi connectivity index (χ3v) is 5.76. The lowest BCUT2D eigenvalue weighted by molar-refractivity contribution is 0.243. The molecule has 24 heavy (non-hydrogen) atoms. The highest BCUT2D eigenvalue weighted by Gasteiger charge is 2.36. The lowest BCUT2D eigenvalue weighted by Gasteiger charge is -2.32. The van der Waals surface area contributed by atoms with Crippen LogP contribution in [0.2, 0.25) is 0 Å². The summed E-state index contributed by atoms with van der Waals surface area (Å²) in [5.41, 5.74) is 0. The summed E-state index contributed by atoms with van der Waals surface area (Å²) < 4.78 is 4.59. The highest BCUT2D eigenvalue weighted by Crippen LogP contribution is 2.44. The summed E-state index contributed by atoms with van der Waals surface area (Å²) in [6, 6.07) is 3.64. The first kappa shape index (κ1) is 14.6. The SMILES string of the molecule is c1cnn([C@@H]2CCCC[C@@H]2NCc2nnc(C3CC3)n2C2CC2)c1. The van der Waals surface area contributed by atoms with Crippen molar-refractivity contribution in [1.29, 1.82) is 0 Å². The second-order valence-corrected chi connectivity index (χ2v) is 7.68. The lowest BCUT2D eigenvalue weighted by Crippen LogP contribution is -2.40. The molecule has 0 aromatic carbocycles. The van der Waals surface area contributed by atoms with E-state index in [9.17, 15) is 0 Å². The van der Waals surface area contributed by atoms with Gasteiger partial charge in [0.15, 0.2) is 0 Å². The molecule has 3 aliphatic rings. The van der Waals surface area contributed by atoms with E-state index in [0.717, 1.165) is 12.4 Å². The van der Waals surface area contributed by atoms with E-state index in [-0.39, 0.29) is 0 Å². The van der Waals surface area contributed by atoms with Crippen LogP contribution in [-0.4, -0.2) is 30.6 Å². The Hall–Kier alpha value is -1.69. The first-order valence-corrected chi connectivity index (χ1v) is 9.56. The zero-order valence-corrected chi connectivity index (χ0v) is 14.1. The van der Waals surface area contributed by atoms with Crippen LogP contribution in [0.1, 0.15) is 81.0 Å². The smallest absolute Gasteiger partial charge is 0.147 e. The van der Waals surface area contributed by atoms with Crippen molar-refractivity contribution >= 4 is 0 Å². The Kier molecular flexibility index (Phi) is 3.65. The summed E-state index contributed by atoms with van der Waals surface area (Å²) in [4.78, 5) is 0. The molecule has 128 valence electrons. The Morgan fingerprint density at radius 1 is 1.04 bits per heavy atom. The Labute approximate surface area is 142 Å². The standard InChI is InChI=1S/C18H26N6/c1-2-5-16(23-11-3-10-20-23)15(4-1)19-12-17-21-22-18(13-6-7-13)24(17)14-8-9-14/h3,10-11,13-16,19H,1-2,4-9,12H2/t15-,16+/m0/s1. The molecule has 5 rings (SSSR count). The monoisotopic (exact) mass is 326 g/mol. The molecule has 0 aliphatic heterocycles. The number of nitrogens with one attached hydrogen (secondary N) is 1. The van der Waals surface area contributed by atoms with Crippen LogP contribution in [0, 0.1) is 0 Å². The van der Waals surface area contributed by atoms with Crippen LogP contribution in [0.3, 0.4) is 0 Å². The zero-order valence-electron chi connectivity index (χ0n) is 14.1. The van der Waals surface area contributed by atoms with Crippen molar-refractivity contribution in [2.24, 2.45) is 0 Å². The second-order valence-electron chi connectivity index (χ2n) is 7.68. The van der Waals surface area contributed by atoms with Crippen molar-refractivity contribution in [2.45, 2.75) is 82.0 Å². The molecule has 0 saturated heterocycles. The molecule has 0 unspecified atom stereocenters. The van der Waals surface area contributed by atoms with Gasteiger partial charge in [0.2, 0.25) is 0 Å². The van der Waals surface area contributed by atoms with E-state index in [2.05, 4.69) is 36.1 Å². The predicted molar refractivity (Wildman–Crippen MR) is 90.6 cm³/mol. The fourth-order valence-electron chi connectivity index (χ4n) is 4.17. The van der Waals surface area contributed by atoms with E-state index in [0.29, 0.717) is 24.0 Å². The quantitative estimate of drug-likeness (QED) is 0.886. The molecular formula is C18H26N6. The second kappa shape index (κ2) is 5.99. The van der Waals surface area contributed by atoms with Gasteiger partial charge in [-0.15, -0.1) is 10.2 Å². The highest BCUT2D eigenvalue weighted by molar-refractivity contribution is 5.12. The van der Waals surface area contributed by atoms with E-state index < -0.39 is 0 Å². The van der Waals surface area contributed by atoms with E-state index in [1.54, 1.807) is 0 Å². The Morgan fingerprint density at radius 2 is 1.92 bits per heavy atom. The summed E-state index contributed by atoms with van der Waals surface area (Å²) in [6.45, 7) is 0.832. The van der Waals surface area contributed by atoms with Crippen molar-refractivity contribution in [3.8, 4) is 0 Å². The zero-order chi connectivity index (χ0) is 15.9. The molecule has 2 aromatic heterocycles. The molecule has 0 spiro atoms. The number of hydrogen-bond donors (Lipinski definition) is 1. The van der Waals surface area contributed by atoms with Crippen LogP contribution in [0.15, 0.2) is 18.5 Å². The van der Waals surface area contributed by atoms with Crippen LogP contribution in [0.5, 0.6) is 0 Å². The summed E-state index contributed by atoms with van der Waals surface area (Å²) in [5.74, 6) is 3.07. The van der Waals surface area contributed by atoms with E-state index in [1.165, 1.54) is 57.2 Å². The largest absolute Gasteiger partial charge is 0.311 e. The van der Waals surface area contributed by atoms with Gasteiger partial charge in [-0.25, -0.2) is 0 Å². The van der Waals surface area contributed by atoms with Crippen molar-refractivity contribution in [1.82, 2.24) is 29.9 Å². The first-order valence-electron chi connectivity index (χ1n) is 9.56. The topological polar surface area (TPSA) is 60.6 Å². The molecule has 1 N–H and O–H groups in total. The van der Waals surface area contributed by atoms with Gasteiger partial charge in [0.1, 0.15) is 11.6 Å². The van der Waals surface area contributed by atoms with Crippen molar-refractivity contribution < 1.29 is 0 Å². The summed E-state index contributed by atoms with van der Waals surface area (Å²) in [6.07, 6.45) is 14.2. The Bertz CT molecular complexity index is 682. The highest BCUT2D eigenvalue weighted by atomic mass is 15.3. The van der Waals surface area contributed by atoms with Gasteiger partial charge in [0, 0.05) is 30.4 Å². The lowest BCUT2D eigenvalue weighted by atomic mass is 9.90. The van der Waals surface area contributed by atoms with Gasteiger partial charge in [-0.1, -0.05) is 12.8 Å². The van der Waals surface area contributed by atoms with Crippen LogP contribution < -0.4 is 5.32 Å². The number of nitrogens with zero attached hydrogens (tertiary/aromatic N) is 5. The third-order valence-electron chi connectivity index (χ3n) is 5.76. The maximum Gasteiger partial charge on any atom is 0.147 e. The minimum absolute atomic E-state index is 0.467. The molecular weight excluding hydrogens is 300 g/mol. The van der Waals surface area contributed by atoms with Gasteiger partial charge >= 0.3 is 0 Å². The van der Waals surface area contributed by atoms with Gasteiger partial charge in [0.05, 0.1) is 12.6 Å².